The summed E-state index contributed by atoms with van der Waals surface area (Å²) in [5.41, 5.74) is 2.29. The smallest absolute Gasteiger partial charge is 0.201 e. The monoisotopic (exact) mass is 265 g/mol. The van der Waals surface area contributed by atoms with Crippen molar-refractivity contribution < 1.29 is 8.78 Å². The lowest BCUT2D eigenvalue weighted by molar-refractivity contribution is -0.0131. The van der Waals surface area contributed by atoms with E-state index in [1.807, 2.05) is 12.1 Å². The van der Waals surface area contributed by atoms with Crippen molar-refractivity contribution in [2.24, 2.45) is 0 Å². The Bertz CT molecular complexity index is 481. The SMILES string of the molecule is Cc1cc(C(C)(C)C)cc(C)c1C(F)(F)CCC#N. The number of hydrogen-bond acceptors (Lipinski definition) is 1. The summed E-state index contributed by atoms with van der Waals surface area (Å²) in [6.45, 7) is 9.63. The van der Waals surface area contributed by atoms with Crippen molar-refractivity contribution >= 4 is 0 Å². The van der Waals surface area contributed by atoms with E-state index in [2.05, 4.69) is 20.8 Å². The molecule has 0 radical (unpaired) electrons. The van der Waals surface area contributed by atoms with E-state index in [4.69, 9.17) is 5.26 Å². The maximum absolute atomic E-state index is 14.1. The average Bonchev–Trinajstić information content (AvgIpc) is 2.23. The quantitative estimate of drug-likeness (QED) is 0.754. The van der Waals surface area contributed by atoms with Gasteiger partial charge in [-0.2, -0.15) is 5.26 Å². The van der Waals surface area contributed by atoms with Crippen LogP contribution in [0.4, 0.5) is 8.78 Å². The first kappa shape index (κ1) is 15.6. The zero-order valence-corrected chi connectivity index (χ0v) is 12.3. The third-order valence-electron chi connectivity index (χ3n) is 3.32. The highest BCUT2D eigenvalue weighted by molar-refractivity contribution is 5.42. The summed E-state index contributed by atoms with van der Waals surface area (Å²) in [6, 6.07) is 5.46. The third kappa shape index (κ3) is 3.53. The molecule has 0 aromatic heterocycles. The van der Waals surface area contributed by atoms with Crippen LogP contribution in [0.3, 0.4) is 0 Å². The van der Waals surface area contributed by atoms with Crippen molar-refractivity contribution in [3.63, 3.8) is 0 Å². The van der Waals surface area contributed by atoms with Gasteiger partial charge in [-0.3, -0.25) is 0 Å². The zero-order valence-electron chi connectivity index (χ0n) is 12.3. The number of halogens is 2. The molecule has 0 saturated carbocycles. The zero-order chi connectivity index (χ0) is 14.8. The van der Waals surface area contributed by atoms with Crippen molar-refractivity contribution in [3.05, 3.63) is 34.4 Å². The van der Waals surface area contributed by atoms with Crippen LogP contribution in [0.5, 0.6) is 0 Å². The molecule has 0 aliphatic rings. The Hall–Kier alpha value is -1.43. The van der Waals surface area contributed by atoms with E-state index in [0.717, 1.165) is 5.56 Å². The molecule has 1 aromatic rings. The number of alkyl halides is 2. The van der Waals surface area contributed by atoms with E-state index >= 15 is 0 Å². The lowest BCUT2D eigenvalue weighted by atomic mass is 9.82. The molecule has 0 atom stereocenters. The molecule has 0 fully saturated rings. The van der Waals surface area contributed by atoms with Gasteiger partial charge >= 0.3 is 0 Å². The first-order valence-electron chi connectivity index (χ1n) is 6.46. The van der Waals surface area contributed by atoms with Crippen LogP contribution >= 0.6 is 0 Å². The summed E-state index contributed by atoms with van der Waals surface area (Å²) < 4.78 is 28.3. The van der Waals surface area contributed by atoms with E-state index in [1.165, 1.54) is 0 Å². The standard InChI is InChI=1S/C16H21F2N/c1-11-9-13(15(3,4)5)10-12(2)14(11)16(17,18)7-6-8-19/h9-10H,6-7H2,1-5H3. The van der Waals surface area contributed by atoms with Crippen LogP contribution in [0.25, 0.3) is 0 Å². The minimum Gasteiger partial charge on any atom is -0.201 e. The van der Waals surface area contributed by atoms with Gasteiger partial charge in [0.05, 0.1) is 6.07 Å². The molecule has 1 rings (SSSR count). The Kier molecular flexibility index (Phi) is 4.35. The number of aryl methyl sites for hydroxylation is 2. The number of hydrogen-bond donors (Lipinski definition) is 0. The predicted molar refractivity (Wildman–Crippen MR) is 73.4 cm³/mol. The molecule has 0 aliphatic carbocycles. The molecule has 0 spiro atoms. The second-order valence-electron chi connectivity index (χ2n) is 6.10. The highest BCUT2D eigenvalue weighted by Crippen LogP contribution is 2.39. The van der Waals surface area contributed by atoms with Crippen LogP contribution < -0.4 is 0 Å². The number of nitrogens with zero attached hydrogens (tertiary/aromatic N) is 1. The van der Waals surface area contributed by atoms with E-state index in [1.54, 1.807) is 19.9 Å². The normalized spacial score (nSPS) is 12.3. The van der Waals surface area contributed by atoms with Crippen LogP contribution in [0.15, 0.2) is 12.1 Å². The fraction of sp³-hybridized carbons (Fsp3) is 0.562. The van der Waals surface area contributed by atoms with Gasteiger partial charge in [-0.15, -0.1) is 0 Å². The molecular weight excluding hydrogens is 244 g/mol. The van der Waals surface area contributed by atoms with Crippen molar-refractivity contribution in [2.75, 3.05) is 0 Å². The van der Waals surface area contributed by atoms with Crippen LogP contribution in [-0.4, -0.2) is 0 Å². The second kappa shape index (κ2) is 5.28. The fourth-order valence-electron chi connectivity index (χ4n) is 2.31. The second-order valence-corrected chi connectivity index (χ2v) is 6.10. The Morgan fingerprint density at radius 1 is 1.11 bits per heavy atom. The average molecular weight is 265 g/mol. The van der Waals surface area contributed by atoms with Gasteiger partial charge < -0.3 is 0 Å². The molecule has 0 saturated heterocycles. The first-order valence-corrected chi connectivity index (χ1v) is 6.46. The van der Waals surface area contributed by atoms with Crippen LogP contribution in [0.1, 0.15) is 55.9 Å². The summed E-state index contributed by atoms with van der Waals surface area (Å²) in [5, 5.41) is 8.48. The Balaban J connectivity index is 3.29. The predicted octanol–water partition coefficient (Wildman–Crippen LogP) is 5.00. The molecule has 0 amide bonds. The molecule has 0 aliphatic heterocycles. The lowest BCUT2D eigenvalue weighted by Crippen LogP contribution is -2.19. The summed E-state index contributed by atoms with van der Waals surface area (Å²) in [4.78, 5) is 0. The number of nitriles is 1. The molecule has 1 nitrogen and oxygen atoms in total. The van der Waals surface area contributed by atoms with Crippen LogP contribution in [0, 0.1) is 25.2 Å². The minimum atomic E-state index is -2.93. The highest BCUT2D eigenvalue weighted by atomic mass is 19.3. The Labute approximate surface area is 114 Å². The Morgan fingerprint density at radius 3 is 1.95 bits per heavy atom. The van der Waals surface area contributed by atoms with Crippen molar-refractivity contribution in [3.8, 4) is 6.07 Å². The van der Waals surface area contributed by atoms with Gasteiger partial charge in [0, 0.05) is 18.4 Å². The molecule has 0 bridgehead atoms. The van der Waals surface area contributed by atoms with Gasteiger partial charge in [-0.1, -0.05) is 32.9 Å². The van der Waals surface area contributed by atoms with E-state index in [-0.39, 0.29) is 17.4 Å². The van der Waals surface area contributed by atoms with Crippen molar-refractivity contribution in [1.82, 2.24) is 0 Å². The van der Waals surface area contributed by atoms with Gasteiger partial charge in [0.15, 0.2) is 0 Å². The summed E-state index contributed by atoms with van der Waals surface area (Å²) in [6.07, 6.45) is -0.549. The summed E-state index contributed by atoms with van der Waals surface area (Å²) >= 11 is 0. The molecular formula is C16H21F2N. The van der Waals surface area contributed by atoms with Gasteiger partial charge in [0.2, 0.25) is 0 Å². The van der Waals surface area contributed by atoms with E-state index in [9.17, 15) is 8.78 Å². The highest BCUT2D eigenvalue weighted by Gasteiger charge is 2.34. The largest absolute Gasteiger partial charge is 0.274 e. The molecule has 1 aromatic carbocycles. The Morgan fingerprint density at radius 2 is 1.58 bits per heavy atom. The van der Waals surface area contributed by atoms with Gasteiger partial charge in [-0.05, 0) is 36.0 Å². The van der Waals surface area contributed by atoms with Crippen LogP contribution in [0.2, 0.25) is 0 Å². The molecule has 0 N–H and O–H groups in total. The van der Waals surface area contributed by atoms with Crippen LogP contribution in [-0.2, 0) is 11.3 Å². The molecule has 0 heterocycles. The summed E-state index contributed by atoms with van der Waals surface area (Å²) in [7, 11) is 0. The maximum Gasteiger partial charge on any atom is 0.274 e. The number of benzene rings is 1. The van der Waals surface area contributed by atoms with E-state index < -0.39 is 12.3 Å². The topological polar surface area (TPSA) is 23.8 Å². The van der Waals surface area contributed by atoms with Gasteiger partial charge in [0.25, 0.3) is 5.92 Å². The molecule has 3 heteroatoms. The lowest BCUT2D eigenvalue weighted by Gasteiger charge is -2.25. The first-order chi connectivity index (χ1) is 8.59. The minimum absolute atomic E-state index is 0.0595. The third-order valence-corrected chi connectivity index (χ3v) is 3.32. The van der Waals surface area contributed by atoms with E-state index in [0.29, 0.717) is 11.1 Å². The number of rotatable bonds is 3. The van der Waals surface area contributed by atoms with Crippen molar-refractivity contribution in [2.45, 2.75) is 58.8 Å². The summed E-state index contributed by atoms with van der Waals surface area (Å²) in [5.74, 6) is -2.93. The molecule has 0 unspecified atom stereocenters. The molecule has 104 valence electrons. The van der Waals surface area contributed by atoms with Gasteiger partial charge in [-0.25, -0.2) is 8.78 Å². The van der Waals surface area contributed by atoms with Gasteiger partial charge in [0.1, 0.15) is 0 Å². The van der Waals surface area contributed by atoms with Crippen molar-refractivity contribution in [1.29, 1.82) is 5.26 Å². The maximum atomic E-state index is 14.1. The fourth-order valence-corrected chi connectivity index (χ4v) is 2.31. The molecule has 19 heavy (non-hydrogen) atoms.